The Balaban J connectivity index is 2.31. The van der Waals surface area contributed by atoms with Crippen molar-refractivity contribution in [1.29, 1.82) is 0 Å². The van der Waals surface area contributed by atoms with E-state index >= 15 is 0 Å². The maximum absolute atomic E-state index is 5.62. The first-order chi connectivity index (χ1) is 8.13. The van der Waals surface area contributed by atoms with E-state index in [2.05, 4.69) is 4.90 Å². The first-order valence-corrected chi connectivity index (χ1v) is 5.96. The summed E-state index contributed by atoms with van der Waals surface area (Å²) in [4.78, 5) is 2.41. The Morgan fingerprint density at radius 2 is 2.06 bits per heavy atom. The number of ether oxygens (including phenoxy) is 2. The fraction of sp³-hybridized carbons (Fsp3) is 0.667. The number of nitrogens with zero attached hydrogens (tertiary/aromatic N) is 1. The van der Waals surface area contributed by atoms with Crippen LogP contribution in [0.1, 0.15) is 19.8 Å². The lowest BCUT2D eigenvalue weighted by atomic mass is 10.2. The molecule has 0 spiro atoms. The van der Waals surface area contributed by atoms with E-state index in [-0.39, 0.29) is 5.82 Å². The summed E-state index contributed by atoms with van der Waals surface area (Å²) in [5.41, 5.74) is 10.9. The fourth-order valence-corrected chi connectivity index (χ4v) is 1.57. The highest BCUT2D eigenvalue weighted by molar-refractivity contribution is 5.17. The van der Waals surface area contributed by atoms with Crippen LogP contribution in [0.3, 0.4) is 0 Å². The van der Waals surface area contributed by atoms with Gasteiger partial charge < -0.3 is 25.8 Å². The van der Waals surface area contributed by atoms with Crippen molar-refractivity contribution in [2.75, 3.05) is 33.4 Å². The van der Waals surface area contributed by atoms with Crippen LogP contribution in [0.25, 0.3) is 0 Å². The predicted octanol–water partition coefficient (Wildman–Crippen LogP) is 0.736. The largest absolute Gasteiger partial charge is 0.498 e. The van der Waals surface area contributed by atoms with Crippen LogP contribution in [0.15, 0.2) is 23.4 Å². The van der Waals surface area contributed by atoms with Crippen molar-refractivity contribution in [3.63, 3.8) is 0 Å². The first-order valence-electron chi connectivity index (χ1n) is 5.96. The summed E-state index contributed by atoms with van der Waals surface area (Å²) in [7, 11) is 1.60. The molecule has 1 aliphatic heterocycles. The minimum absolute atomic E-state index is 0.221. The number of allylic oxidation sites excluding steroid dienone is 2. The zero-order chi connectivity index (χ0) is 12.7. The first kappa shape index (κ1) is 13.7. The van der Waals surface area contributed by atoms with Crippen molar-refractivity contribution in [2.24, 2.45) is 11.5 Å². The molecule has 1 heterocycles. The monoisotopic (exact) mass is 241 g/mol. The standard InChI is InChI=1S/C12H23N3O2/c1-10(16-2)11(9-12(13)14)17-8-4-7-15-5-3-6-15/h9H,3-8,13-14H2,1-2H3/b11-10-. The minimum Gasteiger partial charge on any atom is -0.498 e. The van der Waals surface area contributed by atoms with Crippen LogP contribution >= 0.6 is 0 Å². The molecule has 0 atom stereocenters. The van der Waals surface area contributed by atoms with E-state index in [1.54, 1.807) is 13.2 Å². The molecule has 0 unspecified atom stereocenters. The molecule has 1 saturated heterocycles. The van der Waals surface area contributed by atoms with E-state index in [1.807, 2.05) is 6.92 Å². The average Bonchev–Trinajstić information content (AvgIpc) is 2.23. The van der Waals surface area contributed by atoms with Gasteiger partial charge >= 0.3 is 0 Å². The lowest BCUT2D eigenvalue weighted by Crippen LogP contribution is -2.38. The van der Waals surface area contributed by atoms with Crippen LogP contribution in [0.4, 0.5) is 0 Å². The van der Waals surface area contributed by atoms with Gasteiger partial charge in [-0.3, -0.25) is 0 Å². The van der Waals surface area contributed by atoms with E-state index in [0.717, 1.165) is 13.0 Å². The molecular formula is C12H23N3O2. The second-order valence-corrected chi connectivity index (χ2v) is 4.17. The molecule has 0 aromatic rings. The number of hydrogen-bond donors (Lipinski definition) is 2. The van der Waals surface area contributed by atoms with Crippen molar-refractivity contribution in [3.05, 3.63) is 23.4 Å². The molecule has 4 N–H and O–H groups in total. The number of hydrogen-bond acceptors (Lipinski definition) is 5. The molecule has 1 rings (SSSR count). The number of likely N-dealkylation sites (tertiary alicyclic amines) is 1. The van der Waals surface area contributed by atoms with Crippen LogP contribution in [0, 0.1) is 0 Å². The Labute approximate surface area is 103 Å². The third kappa shape index (κ3) is 4.99. The fourth-order valence-electron chi connectivity index (χ4n) is 1.57. The van der Waals surface area contributed by atoms with Crippen LogP contribution in [-0.4, -0.2) is 38.3 Å². The van der Waals surface area contributed by atoms with E-state index in [4.69, 9.17) is 20.9 Å². The number of rotatable bonds is 7. The summed E-state index contributed by atoms with van der Waals surface area (Å²) < 4.78 is 10.7. The van der Waals surface area contributed by atoms with Crippen molar-refractivity contribution >= 4 is 0 Å². The summed E-state index contributed by atoms with van der Waals surface area (Å²) >= 11 is 0. The second kappa shape index (κ2) is 7.06. The molecule has 1 aliphatic rings. The molecule has 0 aromatic carbocycles. The van der Waals surface area contributed by atoms with E-state index in [9.17, 15) is 0 Å². The molecule has 1 fully saturated rings. The summed E-state index contributed by atoms with van der Waals surface area (Å²) in [6, 6.07) is 0. The Morgan fingerprint density at radius 3 is 2.53 bits per heavy atom. The van der Waals surface area contributed by atoms with Gasteiger partial charge in [-0.15, -0.1) is 0 Å². The molecule has 5 nitrogen and oxygen atoms in total. The summed E-state index contributed by atoms with van der Waals surface area (Å²) in [6.07, 6.45) is 3.91. The molecule has 5 heteroatoms. The van der Waals surface area contributed by atoms with Crippen molar-refractivity contribution in [2.45, 2.75) is 19.8 Å². The lowest BCUT2D eigenvalue weighted by Gasteiger charge is -2.30. The van der Waals surface area contributed by atoms with Gasteiger partial charge in [0.15, 0.2) is 5.76 Å². The highest BCUT2D eigenvalue weighted by atomic mass is 16.5. The van der Waals surface area contributed by atoms with Crippen molar-refractivity contribution in [3.8, 4) is 0 Å². The molecule has 0 amide bonds. The smallest absolute Gasteiger partial charge is 0.160 e. The molecule has 0 saturated carbocycles. The maximum atomic E-state index is 5.62. The number of nitrogens with two attached hydrogens (primary N) is 2. The van der Waals surface area contributed by atoms with Crippen molar-refractivity contribution in [1.82, 2.24) is 4.90 Å². The van der Waals surface area contributed by atoms with Gasteiger partial charge in [-0.05, 0) is 32.9 Å². The third-order valence-electron chi connectivity index (χ3n) is 2.78. The molecule has 0 aromatic heterocycles. The average molecular weight is 241 g/mol. The summed E-state index contributed by atoms with van der Waals surface area (Å²) in [6.45, 7) is 5.99. The molecular weight excluding hydrogens is 218 g/mol. The van der Waals surface area contributed by atoms with Gasteiger partial charge in [0.05, 0.1) is 19.5 Å². The van der Waals surface area contributed by atoms with Crippen LogP contribution in [-0.2, 0) is 9.47 Å². The Morgan fingerprint density at radius 1 is 1.35 bits per heavy atom. The van der Waals surface area contributed by atoms with Gasteiger partial charge in [0.25, 0.3) is 0 Å². The minimum atomic E-state index is 0.221. The van der Waals surface area contributed by atoms with Gasteiger partial charge in [-0.1, -0.05) is 0 Å². The van der Waals surface area contributed by atoms with Gasteiger partial charge in [0.2, 0.25) is 0 Å². The van der Waals surface area contributed by atoms with Gasteiger partial charge in [-0.25, -0.2) is 0 Å². The van der Waals surface area contributed by atoms with Gasteiger partial charge in [0.1, 0.15) is 5.76 Å². The highest BCUT2D eigenvalue weighted by Crippen LogP contribution is 2.11. The second-order valence-electron chi connectivity index (χ2n) is 4.17. The topological polar surface area (TPSA) is 73.7 Å². The quantitative estimate of drug-likeness (QED) is 0.390. The van der Waals surface area contributed by atoms with Gasteiger partial charge in [-0.2, -0.15) is 0 Å². The third-order valence-corrected chi connectivity index (χ3v) is 2.78. The Hall–Kier alpha value is -1.36. The van der Waals surface area contributed by atoms with Crippen LogP contribution in [0.5, 0.6) is 0 Å². The van der Waals surface area contributed by atoms with Gasteiger partial charge in [0, 0.05) is 12.6 Å². The number of methoxy groups -OCH3 is 1. The maximum Gasteiger partial charge on any atom is 0.160 e. The molecule has 0 radical (unpaired) electrons. The molecule has 98 valence electrons. The normalized spacial score (nSPS) is 16.8. The van der Waals surface area contributed by atoms with E-state index in [0.29, 0.717) is 18.1 Å². The molecule has 17 heavy (non-hydrogen) atoms. The molecule has 0 bridgehead atoms. The summed E-state index contributed by atoms with van der Waals surface area (Å²) in [5.74, 6) is 1.51. The zero-order valence-corrected chi connectivity index (χ0v) is 10.7. The van der Waals surface area contributed by atoms with Crippen molar-refractivity contribution < 1.29 is 9.47 Å². The Bertz CT molecular complexity index is 292. The van der Waals surface area contributed by atoms with E-state index in [1.165, 1.54) is 19.5 Å². The summed E-state index contributed by atoms with van der Waals surface area (Å²) in [5, 5.41) is 0. The predicted molar refractivity (Wildman–Crippen MR) is 67.8 cm³/mol. The highest BCUT2D eigenvalue weighted by Gasteiger charge is 2.12. The molecule has 0 aliphatic carbocycles. The van der Waals surface area contributed by atoms with E-state index < -0.39 is 0 Å². The van der Waals surface area contributed by atoms with Crippen LogP contribution < -0.4 is 11.5 Å². The lowest BCUT2D eigenvalue weighted by molar-refractivity contribution is 0.141. The Kier molecular flexibility index (Phi) is 5.69. The zero-order valence-electron chi connectivity index (χ0n) is 10.7. The SMILES string of the molecule is CO/C(C)=C(/C=C(N)N)OCCCN1CCC1. The van der Waals surface area contributed by atoms with Crippen LogP contribution in [0.2, 0.25) is 0 Å².